The highest BCUT2D eigenvalue weighted by molar-refractivity contribution is 6.04. The number of aryl methyl sites for hydroxylation is 1. The van der Waals surface area contributed by atoms with Gasteiger partial charge in [-0.3, -0.25) is 4.79 Å². The van der Waals surface area contributed by atoms with E-state index < -0.39 is 17.5 Å². The first-order valence-electron chi connectivity index (χ1n) is 6.13. The van der Waals surface area contributed by atoms with Gasteiger partial charge in [-0.2, -0.15) is 0 Å². The van der Waals surface area contributed by atoms with Gasteiger partial charge in [-0.05, 0) is 30.7 Å². The number of halogens is 2. The van der Waals surface area contributed by atoms with Gasteiger partial charge in [0.2, 0.25) is 0 Å². The summed E-state index contributed by atoms with van der Waals surface area (Å²) in [6.07, 6.45) is 0. The Kier molecular flexibility index (Phi) is 4.07. The zero-order valence-corrected chi connectivity index (χ0v) is 11.5. The summed E-state index contributed by atoms with van der Waals surface area (Å²) in [5, 5.41) is 2.51. The Morgan fingerprint density at radius 1 is 1.19 bits per heavy atom. The number of ether oxygens (including phenoxy) is 1. The number of nitrogens with two attached hydrogens (primary N) is 1. The molecule has 0 spiro atoms. The third-order valence-electron chi connectivity index (χ3n) is 2.98. The van der Waals surface area contributed by atoms with Crippen LogP contribution in [0.4, 0.5) is 20.2 Å². The second-order valence-corrected chi connectivity index (χ2v) is 4.49. The van der Waals surface area contributed by atoms with E-state index in [0.29, 0.717) is 23.2 Å². The molecule has 3 N–H and O–H groups in total. The maximum absolute atomic E-state index is 13.6. The zero-order chi connectivity index (χ0) is 15.6. The minimum Gasteiger partial charge on any atom is -0.495 e. The summed E-state index contributed by atoms with van der Waals surface area (Å²) in [6, 6.07) is 6.48. The van der Waals surface area contributed by atoms with Crippen molar-refractivity contribution in [3.63, 3.8) is 0 Å². The normalized spacial score (nSPS) is 10.3. The first-order valence-corrected chi connectivity index (χ1v) is 6.13. The highest BCUT2D eigenvalue weighted by Gasteiger charge is 2.15. The molecule has 0 atom stereocenters. The van der Waals surface area contributed by atoms with E-state index in [1.807, 2.05) is 0 Å². The Bertz CT molecular complexity index is 702. The van der Waals surface area contributed by atoms with Crippen LogP contribution in [0.25, 0.3) is 0 Å². The van der Waals surface area contributed by atoms with Crippen LogP contribution in [-0.4, -0.2) is 13.0 Å². The lowest BCUT2D eigenvalue weighted by atomic mass is 10.1. The number of rotatable bonds is 3. The molecule has 4 nitrogen and oxygen atoms in total. The molecule has 0 radical (unpaired) electrons. The summed E-state index contributed by atoms with van der Waals surface area (Å²) in [4.78, 5) is 12.0. The second-order valence-electron chi connectivity index (χ2n) is 4.49. The molecule has 0 saturated carbocycles. The third-order valence-corrected chi connectivity index (χ3v) is 2.98. The third kappa shape index (κ3) is 3.10. The quantitative estimate of drug-likeness (QED) is 0.854. The first kappa shape index (κ1) is 14.8. The molecule has 0 aliphatic rings. The minimum absolute atomic E-state index is 0.191. The van der Waals surface area contributed by atoms with E-state index in [9.17, 15) is 13.6 Å². The van der Waals surface area contributed by atoms with Crippen molar-refractivity contribution in [1.82, 2.24) is 0 Å². The van der Waals surface area contributed by atoms with Crippen molar-refractivity contribution in [2.24, 2.45) is 0 Å². The number of methoxy groups -OCH3 is 1. The van der Waals surface area contributed by atoms with E-state index in [1.54, 1.807) is 12.1 Å². The summed E-state index contributed by atoms with van der Waals surface area (Å²) < 4.78 is 31.9. The lowest BCUT2D eigenvalue weighted by molar-refractivity contribution is 0.102. The fourth-order valence-corrected chi connectivity index (χ4v) is 1.82. The molecule has 2 rings (SSSR count). The summed E-state index contributed by atoms with van der Waals surface area (Å²) in [7, 11) is 1.44. The molecule has 2 aromatic rings. The fourth-order valence-electron chi connectivity index (χ4n) is 1.82. The number of nitrogens with one attached hydrogen (secondary N) is 1. The van der Waals surface area contributed by atoms with E-state index in [4.69, 9.17) is 10.5 Å². The number of hydrogen-bond donors (Lipinski definition) is 2. The summed E-state index contributed by atoms with van der Waals surface area (Å²) >= 11 is 0. The van der Waals surface area contributed by atoms with Crippen molar-refractivity contribution in [3.05, 3.63) is 53.1 Å². The maximum atomic E-state index is 13.6. The van der Waals surface area contributed by atoms with Gasteiger partial charge >= 0.3 is 0 Å². The summed E-state index contributed by atoms with van der Waals surface area (Å²) in [5.74, 6) is -1.90. The predicted molar refractivity (Wildman–Crippen MR) is 76.5 cm³/mol. The molecule has 1 amide bonds. The Morgan fingerprint density at radius 3 is 2.57 bits per heavy atom. The molecule has 0 aromatic heterocycles. The standard InChI is InChI=1S/C15H14F2N2O2/c1-8-5-10(12(17)7-11(8)16)15(20)19-9-3-4-13(18)14(6-9)21-2/h3-7H,18H2,1-2H3,(H,19,20). The number of anilines is 2. The van der Waals surface area contributed by atoms with Gasteiger partial charge in [0.05, 0.1) is 18.4 Å². The molecule has 2 aromatic carbocycles. The molecule has 110 valence electrons. The number of hydrogen-bond acceptors (Lipinski definition) is 3. The number of amides is 1. The van der Waals surface area contributed by atoms with Gasteiger partial charge in [0.1, 0.15) is 17.4 Å². The fraction of sp³-hybridized carbons (Fsp3) is 0.133. The highest BCUT2D eigenvalue weighted by atomic mass is 19.1. The molecule has 0 aliphatic carbocycles. The molecule has 21 heavy (non-hydrogen) atoms. The smallest absolute Gasteiger partial charge is 0.258 e. The van der Waals surface area contributed by atoms with Crippen LogP contribution in [0.15, 0.2) is 30.3 Å². The van der Waals surface area contributed by atoms with Gasteiger partial charge in [0, 0.05) is 17.8 Å². The van der Waals surface area contributed by atoms with Gasteiger partial charge in [0.25, 0.3) is 5.91 Å². The van der Waals surface area contributed by atoms with Gasteiger partial charge in [-0.15, -0.1) is 0 Å². The van der Waals surface area contributed by atoms with Crippen molar-refractivity contribution >= 4 is 17.3 Å². The van der Waals surface area contributed by atoms with Crippen LogP contribution in [0, 0.1) is 18.6 Å². The second kappa shape index (κ2) is 5.78. The highest BCUT2D eigenvalue weighted by Crippen LogP contribution is 2.25. The van der Waals surface area contributed by atoms with E-state index in [2.05, 4.69) is 5.32 Å². The molecule has 0 bridgehead atoms. The van der Waals surface area contributed by atoms with E-state index in [1.165, 1.54) is 20.1 Å². The Labute approximate surface area is 120 Å². The largest absolute Gasteiger partial charge is 0.495 e. The predicted octanol–water partition coefficient (Wildman–Crippen LogP) is 3.12. The van der Waals surface area contributed by atoms with Crippen LogP contribution in [0.5, 0.6) is 5.75 Å². The van der Waals surface area contributed by atoms with Crippen molar-refractivity contribution in [3.8, 4) is 5.75 Å². The number of benzene rings is 2. The van der Waals surface area contributed by atoms with Gasteiger partial charge in [0.15, 0.2) is 0 Å². The van der Waals surface area contributed by atoms with Crippen molar-refractivity contribution in [1.29, 1.82) is 0 Å². The molecule has 6 heteroatoms. The topological polar surface area (TPSA) is 64.3 Å². The molecule has 0 saturated heterocycles. The van der Waals surface area contributed by atoms with Gasteiger partial charge in [-0.25, -0.2) is 8.78 Å². The van der Waals surface area contributed by atoms with E-state index in [0.717, 1.165) is 6.07 Å². The number of carbonyl (C=O) groups is 1. The van der Waals surface area contributed by atoms with Crippen LogP contribution >= 0.6 is 0 Å². The molecular weight excluding hydrogens is 278 g/mol. The zero-order valence-electron chi connectivity index (χ0n) is 11.5. The van der Waals surface area contributed by atoms with Crippen LogP contribution in [0.1, 0.15) is 15.9 Å². The molecule has 0 fully saturated rings. The Hall–Kier alpha value is -2.63. The molecule has 0 aliphatic heterocycles. The van der Waals surface area contributed by atoms with Crippen LogP contribution in [0.3, 0.4) is 0 Å². The summed E-state index contributed by atoms with van der Waals surface area (Å²) in [5.41, 5.74) is 6.43. The molecule has 0 heterocycles. The van der Waals surface area contributed by atoms with Crippen LogP contribution in [0.2, 0.25) is 0 Å². The van der Waals surface area contributed by atoms with Gasteiger partial charge in [-0.1, -0.05) is 0 Å². The van der Waals surface area contributed by atoms with Gasteiger partial charge < -0.3 is 15.8 Å². The van der Waals surface area contributed by atoms with Crippen molar-refractivity contribution in [2.45, 2.75) is 6.92 Å². The first-order chi connectivity index (χ1) is 9.92. The van der Waals surface area contributed by atoms with E-state index >= 15 is 0 Å². The number of carbonyl (C=O) groups excluding carboxylic acids is 1. The lowest BCUT2D eigenvalue weighted by Crippen LogP contribution is -2.14. The van der Waals surface area contributed by atoms with Crippen molar-refractivity contribution in [2.75, 3.05) is 18.2 Å². The SMILES string of the molecule is COc1cc(NC(=O)c2cc(C)c(F)cc2F)ccc1N. The summed E-state index contributed by atoms with van der Waals surface area (Å²) in [6.45, 7) is 1.46. The molecular formula is C15H14F2N2O2. The van der Waals surface area contributed by atoms with Crippen LogP contribution in [-0.2, 0) is 0 Å². The lowest BCUT2D eigenvalue weighted by Gasteiger charge is -2.10. The minimum atomic E-state index is -0.919. The van der Waals surface area contributed by atoms with Crippen molar-refractivity contribution < 1.29 is 18.3 Å². The number of nitrogen functional groups attached to an aromatic ring is 1. The Morgan fingerprint density at radius 2 is 1.90 bits per heavy atom. The average Bonchev–Trinajstić information content (AvgIpc) is 2.44. The Balaban J connectivity index is 2.28. The average molecular weight is 292 g/mol. The monoisotopic (exact) mass is 292 g/mol. The van der Waals surface area contributed by atoms with Crippen LogP contribution < -0.4 is 15.8 Å². The maximum Gasteiger partial charge on any atom is 0.258 e. The van der Waals surface area contributed by atoms with E-state index in [-0.39, 0.29) is 11.1 Å². The molecule has 0 unspecified atom stereocenters.